The Morgan fingerprint density at radius 3 is 2.70 bits per heavy atom. The molecule has 4 rings (SSSR count). The van der Waals surface area contributed by atoms with Crippen molar-refractivity contribution in [1.29, 1.82) is 0 Å². The van der Waals surface area contributed by atoms with Crippen molar-refractivity contribution < 1.29 is 14.3 Å². The van der Waals surface area contributed by atoms with Crippen LogP contribution in [0.2, 0.25) is 0 Å². The van der Waals surface area contributed by atoms with Crippen LogP contribution < -0.4 is 20.6 Å². The van der Waals surface area contributed by atoms with Crippen molar-refractivity contribution in [3.63, 3.8) is 0 Å². The first-order valence-electron chi connectivity index (χ1n) is 8.34. The summed E-state index contributed by atoms with van der Waals surface area (Å²) < 4.78 is 13.0. The smallest absolute Gasteiger partial charge is 0.332 e. The first-order chi connectivity index (χ1) is 13.2. The van der Waals surface area contributed by atoms with Crippen molar-refractivity contribution in [1.82, 2.24) is 15.2 Å². The van der Waals surface area contributed by atoms with Crippen molar-refractivity contribution in [3.05, 3.63) is 60.3 Å². The molecule has 3 N–H and O–H groups in total. The van der Waals surface area contributed by atoms with E-state index in [1.807, 2.05) is 54.7 Å². The van der Waals surface area contributed by atoms with Crippen LogP contribution in [0, 0.1) is 0 Å². The molecule has 2 amide bonds. The lowest BCUT2D eigenvalue weighted by atomic mass is 10.1. The highest BCUT2D eigenvalue weighted by Gasteiger charge is 2.16. The zero-order valence-electron chi connectivity index (χ0n) is 14.3. The molecule has 0 saturated carbocycles. The summed E-state index contributed by atoms with van der Waals surface area (Å²) in [6, 6.07) is 14.6. The number of benzene rings is 2. The van der Waals surface area contributed by atoms with Gasteiger partial charge < -0.3 is 15.2 Å². The lowest BCUT2D eigenvalue weighted by molar-refractivity contribution is 0.171. The number of carbonyl (C=O) groups excluding carboxylic acids is 1. The van der Waals surface area contributed by atoms with Gasteiger partial charge in [-0.15, -0.1) is 0 Å². The van der Waals surface area contributed by atoms with Crippen molar-refractivity contribution in [2.75, 3.05) is 13.2 Å². The molecule has 3 aromatic rings. The van der Waals surface area contributed by atoms with Gasteiger partial charge in [0.05, 0.1) is 11.9 Å². The van der Waals surface area contributed by atoms with E-state index < -0.39 is 6.03 Å². The molecule has 0 saturated heterocycles. The molecule has 0 spiro atoms. The van der Waals surface area contributed by atoms with Gasteiger partial charge in [0.25, 0.3) is 0 Å². The number of para-hydroxylation sites is 1. The molecule has 0 unspecified atom stereocenters. The lowest BCUT2D eigenvalue weighted by Crippen LogP contribution is -2.24. The second-order valence-corrected chi connectivity index (χ2v) is 5.81. The van der Waals surface area contributed by atoms with Gasteiger partial charge in [-0.25, -0.2) is 14.9 Å². The highest BCUT2D eigenvalue weighted by molar-refractivity contribution is 5.89. The maximum atomic E-state index is 10.9. The molecular weight excluding hydrogens is 346 g/mol. The fourth-order valence-corrected chi connectivity index (χ4v) is 2.78. The Bertz CT molecular complexity index is 998. The van der Waals surface area contributed by atoms with E-state index in [1.54, 1.807) is 4.68 Å². The zero-order valence-corrected chi connectivity index (χ0v) is 14.3. The van der Waals surface area contributed by atoms with E-state index in [9.17, 15) is 4.79 Å². The number of hydrazone groups is 1. The van der Waals surface area contributed by atoms with Crippen LogP contribution in [-0.4, -0.2) is 35.2 Å². The summed E-state index contributed by atoms with van der Waals surface area (Å²) in [7, 11) is 0. The predicted molar refractivity (Wildman–Crippen MR) is 100 cm³/mol. The number of hydrogen-bond acceptors (Lipinski definition) is 5. The van der Waals surface area contributed by atoms with Crippen LogP contribution in [0.3, 0.4) is 0 Å². The number of amides is 2. The average Bonchev–Trinajstić information content (AvgIpc) is 3.12. The Labute approximate surface area is 155 Å². The molecule has 2 aromatic carbocycles. The molecule has 1 aliphatic rings. The van der Waals surface area contributed by atoms with Gasteiger partial charge >= 0.3 is 6.03 Å². The van der Waals surface area contributed by atoms with Gasteiger partial charge in [-0.05, 0) is 30.3 Å². The summed E-state index contributed by atoms with van der Waals surface area (Å²) in [4.78, 5) is 10.9. The fourth-order valence-electron chi connectivity index (χ4n) is 2.78. The fraction of sp³-hybridized carbons (Fsp3) is 0.105. The Hall–Kier alpha value is -3.81. The number of ether oxygens (including phenoxy) is 2. The standard InChI is InChI=1S/C19H17N5O3/c20-19(25)22-21-11-14-12-24(15-4-2-1-3-5-15)23-18(14)13-6-7-16-17(10-13)27-9-8-26-16/h1-7,10-12H,8-9H2,(H3,20,22,25)/b21-11+. The van der Waals surface area contributed by atoms with E-state index in [4.69, 9.17) is 15.2 Å². The molecule has 27 heavy (non-hydrogen) atoms. The predicted octanol–water partition coefficient (Wildman–Crippen LogP) is 2.31. The van der Waals surface area contributed by atoms with E-state index in [0.717, 1.165) is 11.3 Å². The molecule has 8 heteroatoms. The Morgan fingerprint density at radius 1 is 1.15 bits per heavy atom. The minimum Gasteiger partial charge on any atom is -0.486 e. The SMILES string of the molecule is NC(=O)N/N=C/c1cn(-c2ccccc2)nc1-c1ccc2c(c1)OCCO2. The highest BCUT2D eigenvalue weighted by Crippen LogP contribution is 2.35. The average molecular weight is 363 g/mol. The number of urea groups is 1. The molecule has 0 bridgehead atoms. The number of aromatic nitrogens is 2. The summed E-state index contributed by atoms with van der Waals surface area (Å²) in [5, 5.41) is 8.55. The van der Waals surface area contributed by atoms with Gasteiger partial charge in [0, 0.05) is 17.3 Å². The van der Waals surface area contributed by atoms with E-state index in [-0.39, 0.29) is 0 Å². The monoisotopic (exact) mass is 363 g/mol. The molecule has 1 aromatic heterocycles. The van der Waals surface area contributed by atoms with Crippen LogP contribution in [-0.2, 0) is 0 Å². The van der Waals surface area contributed by atoms with E-state index in [0.29, 0.717) is 36.0 Å². The van der Waals surface area contributed by atoms with Crippen LogP contribution >= 0.6 is 0 Å². The highest BCUT2D eigenvalue weighted by atomic mass is 16.6. The van der Waals surface area contributed by atoms with Gasteiger partial charge in [0.15, 0.2) is 11.5 Å². The first kappa shape index (κ1) is 16.6. The summed E-state index contributed by atoms with van der Waals surface area (Å²) in [6.45, 7) is 1.04. The van der Waals surface area contributed by atoms with Gasteiger partial charge in [0.1, 0.15) is 18.9 Å². The van der Waals surface area contributed by atoms with Crippen molar-refractivity contribution in [3.8, 4) is 28.4 Å². The summed E-state index contributed by atoms with van der Waals surface area (Å²) in [6.07, 6.45) is 3.33. The van der Waals surface area contributed by atoms with Crippen molar-refractivity contribution in [2.45, 2.75) is 0 Å². The summed E-state index contributed by atoms with van der Waals surface area (Å²) in [5.74, 6) is 1.38. The van der Waals surface area contributed by atoms with Gasteiger partial charge in [-0.2, -0.15) is 10.2 Å². The quantitative estimate of drug-likeness (QED) is 0.548. The van der Waals surface area contributed by atoms with E-state index >= 15 is 0 Å². The molecule has 2 heterocycles. The molecular formula is C19H17N5O3. The molecule has 136 valence electrons. The number of nitrogens with two attached hydrogens (primary N) is 1. The van der Waals surface area contributed by atoms with Crippen LogP contribution in [0.1, 0.15) is 5.56 Å². The molecule has 0 radical (unpaired) electrons. The Balaban J connectivity index is 1.76. The van der Waals surface area contributed by atoms with Crippen LogP contribution in [0.25, 0.3) is 16.9 Å². The van der Waals surface area contributed by atoms with Gasteiger partial charge in [-0.3, -0.25) is 0 Å². The maximum absolute atomic E-state index is 10.9. The van der Waals surface area contributed by atoms with Crippen LogP contribution in [0.15, 0.2) is 59.8 Å². The van der Waals surface area contributed by atoms with Gasteiger partial charge in [-0.1, -0.05) is 18.2 Å². The maximum Gasteiger partial charge on any atom is 0.332 e. The number of primary amides is 1. The van der Waals surface area contributed by atoms with Crippen LogP contribution in [0.4, 0.5) is 4.79 Å². The molecule has 0 aliphatic carbocycles. The number of nitrogens with zero attached hydrogens (tertiary/aromatic N) is 3. The number of carbonyl (C=O) groups is 1. The van der Waals surface area contributed by atoms with Gasteiger partial charge in [0.2, 0.25) is 0 Å². The topological polar surface area (TPSA) is 104 Å². The van der Waals surface area contributed by atoms with E-state index in [1.165, 1.54) is 6.21 Å². The largest absolute Gasteiger partial charge is 0.486 e. The van der Waals surface area contributed by atoms with Crippen molar-refractivity contribution in [2.24, 2.45) is 10.8 Å². The van der Waals surface area contributed by atoms with E-state index in [2.05, 4.69) is 15.6 Å². The number of hydrogen-bond donors (Lipinski definition) is 2. The molecule has 8 nitrogen and oxygen atoms in total. The third-order valence-corrected chi connectivity index (χ3v) is 3.96. The first-order valence-corrected chi connectivity index (χ1v) is 8.34. The minimum atomic E-state index is -0.734. The second kappa shape index (κ2) is 7.20. The summed E-state index contributed by atoms with van der Waals surface area (Å²) >= 11 is 0. The number of nitrogens with one attached hydrogen (secondary N) is 1. The normalized spacial score (nSPS) is 12.9. The zero-order chi connectivity index (χ0) is 18.6. The second-order valence-electron chi connectivity index (χ2n) is 5.81. The minimum absolute atomic E-state index is 0.506. The number of fused-ring (bicyclic) bond motifs is 1. The molecule has 0 fully saturated rings. The number of rotatable bonds is 4. The Kier molecular flexibility index (Phi) is 4.44. The molecule has 1 aliphatic heterocycles. The Morgan fingerprint density at radius 2 is 1.93 bits per heavy atom. The third-order valence-electron chi connectivity index (χ3n) is 3.96. The summed E-state index contributed by atoms with van der Waals surface area (Å²) in [5.41, 5.74) is 10.4. The van der Waals surface area contributed by atoms with Crippen molar-refractivity contribution >= 4 is 12.2 Å². The third kappa shape index (κ3) is 3.59. The molecule has 0 atom stereocenters. The van der Waals surface area contributed by atoms with Crippen LogP contribution in [0.5, 0.6) is 11.5 Å². The lowest BCUT2D eigenvalue weighted by Gasteiger charge is -2.18.